The molecule has 0 bridgehead atoms. The SMILES string of the molecule is CCn1cc(Br)cc1C(=O)Nc1ccc(Br)c(Cl)c1. The van der Waals surface area contributed by atoms with Crippen LogP contribution in [-0.2, 0) is 6.54 Å². The van der Waals surface area contributed by atoms with E-state index in [-0.39, 0.29) is 5.91 Å². The number of aryl methyl sites for hydroxylation is 1. The van der Waals surface area contributed by atoms with Gasteiger partial charge in [0.25, 0.3) is 5.91 Å². The third-order valence-corrected chi connectivity index (χ3v) is 4.28. The van der Waals surface area contributed by atoms with Crippen LogP contribution in [0.15, 0.2) is 39.4 Å². The summed E-state index contributed by atoms with van der Waals surface area (Å²) in [5.41, 5.74) is 1.27. The topological polar surface area (TPSA) is 34.0 Å². The molecule has 0 fully saturated rings. The molecular formula is C13H11Br2ClN2O. The summed E-state index contributed by atoms with van der Waals surface area (Å²) >= 11 is 12.7. The summed E-state index contributed by atoms with van der Waals surface area (Å²) in [4.78, 5) is 12.2. The van der Waals surface area contributed by atoms with Crippen LogP contribution in [0.3, 0.4) is 0 Å². The van der Waals surface area contributed by atoms with Crippen LogP contribution in [0.1, 0.15) is 17.4 Å². The highest BCUT2D eigenvalue weighted by Crippen LogP contribution is 2.26. The zero-order valence-electron chi connectivity index (χ0n) is 10.1. The molecule has 6 heteroatoms. The molecule has 0 saturated carbocycles. The van der Waals surface area contributed by atoms with Crippen molar-refractivity contribution in [1.82, 2.24) is 4.57 Å². The van der Waals surface area contributed by atoms with Crippen molar-refractivity contribution < 1.29 is 4.79 Å². The molecule has 0 aliphatic heterocycles. The second kappa shape index (κ2) is 6.11. The first kappa shape index (κ1) is 14.6. The van der Waals surface area contributed by atoms with Crippen LogP contribution in [0.25, 0.3) is 0 Å². The number of rotatable bonds is 3. The van der Waals surface area contributed by atoms with Gasteiger partial charge >= 0.3 is 0 Å². The molecule has 1 N–H and O–H groups in total. The highest BCUT2D eigenvalue weighted by molar-refractivity contribution is 9.10. The maximum Gasteiger partial charge on any atom is 0.272 e. The number of carbonyl (C=O) groups is 1. The number of nitrogens with one attached hydrogen (secondary N) is 1. The van der Waals surface area contributed by atoms with Gasteiger partial charge in [-0.05, 0) is 63.0 Å². The van der Waals surface area contributed by atoms with E-state index < -0.39 is 0 Å². The zero-order valence-corrected chi connectivity index (χ0v) is 14.0. The van der Waals surface area contributed by atoms with Crippen molar-refractivity contribution >= 4 is 55.1 Å². The van der Waals surface area contributed by atoms with E-state index in [4.69, 9.17) is 11.6 Å². The molecule has 1 aromatic carbocycles. The lowest BCUT2D eigenvalue weighted by Gasteiger charge is -2.08. The maximum atomic E-state index is 12.2. The van der Waals surface area contributed by atoms with Crippen LogP contribution >= 0.6 is 43.5 Å². The Hall–Kier alpha value is -0.780. The molecule has 1 amide bonds. The van der Waals surface area contributed by atoms with Gasteiger partial charge in [-0.3, -0.25) is 4.79 Å². The van der Waals surface area contributed by atoms with Crippen LogP contribution in [-0.4, -0.2) is 10.5 Å². The predicted molar refractivity (Wildman–Crippen MR) is 84.9 cm³/mol. The molecule has 0 spiro atoms. The highest BCUT2D eigenvalue weighted by Gasteiger charge is 2.12. The standard InChI is InChI=1S/C13H11Br2ClN2O/c1-2-18-7-8(14)5-12(18)13(19)17-9-3-4-10(15)11(16)6-9/h3-7H,2H2,1H3,(H,17,19). The fourth-order valence-corrected chi connectivity index (χ4v) is 2.59. The number of aromatic nitrogens is 1. The summed E-state index contributed by atoms with van der Waals surface area (Å²) in [5, 5.41) is 3.39. The quantitative estimate of drug-likeness (QED) is 0.770. The van der Waals surface area contributed by atoms with Crippen molar-refractivity contribution in [2.45, 2.75) is 13.5 Å². The van der Waals surface area contributed by atoms with Crippen molar-refractivity contribution in [3.05, 3.63) is 50.1 Å². The van der Waals surface area contributed by atoms with Crippen LogP contribution in [0.2, 0.25) is 5.02 Å². The summed E-state index contributed by atoms with van der Waals surface area (Å²) in [6.07, 6.45) is 1.88. The summed E-state index contributed by atoms with van der Waals surface area (Å²) in [6, 6.07) is 7.09. The van der Waals surface area contributed by atoms with Gasteiger partial charge in [0.15, 0.2) is 0 Å². The Morgan fingerprint density at radius 1 is 1.37 bits per heavy atom. The van der Waals surface area contributed by atoms with Crippen molar-refractivity contribution in [2.75, 3.05) is 5.32 Å². The second-order valence-corrected chi connectivity index (χ2v) is 6.09. The Morgan fingerprint density at radius 2 is 2.11 bits per heavy atom. The van der Waals surface area contributed by atoms with Gasteiger partial charge in [0.05, 0.1) is 5.02 Å². The maximum absolute atomic E-state index is 12.2. The number of halogens is 3. The first-order valence-electron chi connectivity index (χ1n) is 5.63. The third-order valence-electron chi connectivity index (χ3n) is 2.61. The van der Waals surface area contributed by atoms with Gasteiger partial charge in [-0.15, -0.1) is 0 Å². The van der Waals surface area contributed by atoms with Crippen molar-refractivity contribution in [3.8, 4) is 0 Å². The van der Waals surface area contributed by atoms with E-state index in [1.54, 1.807) is 24.3 Å². The van der Waals surface area contributed by atoms with E-state index in [2.05, 4.69) is 37.2 Å². The minimum absolute atomic E-state index is 0.161. The third kappa shape index (κ3) is 3.41. The number of hydrogen-bond acceptors (Lipinski definition) is 1. The average Bonchev–Trinajstić information content (AvgIpc) is 2.75. The molecule has 100 valence electrons. The van der Waals surface area contributed by atoms with E-state index in [1.165, 1.54) is 0 Å². The highest BCUT2D eigenvalue weighted by atomic mass is 79.9. The Morgan fingerprint density at radius 3 is 2.74 bits per heavy atom. The molecule has 0 aliphatic rings. The molecule has 0 saturated heterocycles. The normalized spacial score (nSPS) is 10.5. The molecule has 0 unspecified atom stereocenters. The fourth-order valence-electron chi connectivity index (χ4n) is 1.70. The van der Waals surface area contributed by atoms with E-state index in [1.807, 2.05) is 17.7 Å². The van der Waals surface area contributed by atoms with Crippen LogP contribution in [0.5, 0.6) is 0 Å². The second-order valence-electron chi connectivity index (χ2n) is 3.91. The average molecular weight is 407 g/mol. The van der Waals surface area contributed by atoms with Gasteiger partial charge in [0, 0.05) is 27.4 Å². The van der Waals surface area contributed by atoms with Gasteiger partial charge in [0.2, 0.25) is 0 Å². The van der Waals surface area contributed by atoms with Crippen LogP contribution in [0, 0.1) is 0 Å². The molecule has 19 heavy (non-hydrogen) atoms. The first-order valence-corrected chi connectivity index (χ1v) is 7.59. The number of nitrogens with zero attached hydrogens (tertiary/aromatic N) is 1. The van der Waals surface area contributed by atoms with Crippen molar-refractivity contribution in [2.24, 2.45) is 0 Å². The minimum atomic E-state index is -0.161. The molecule has 2 aromatic rings. The lowest BCUT2D eigenvalue weighted by Crippen LogP contribution is -2.16. The van der Waals surface area contributed by atoms with Crippen molar-refractivity contribution in [1.29, 1.82) is 0 Å². The summed E-state index contributed by atoms with van der Waals surface area (Å²) in [7, 11) is 0. The van der Waals surface area contributed by atoms with E-state index in [0.29, 0.717) is 16.4 Å². The van der Waals surface area contributed by atoms with Crippen LogP contribution in [0.4, 0.5) is 5.69 Å². The van der Waals surface area contributed by atoms with Gasteiger partial charge in [0.1, 0.15) is 5.69 Å². The molecular weight excluding hydrogens is 395 g/mol. The number of amides is 1. The van der Waals surface area contributed by atoms with E-state index in [0.717, 1.165) is 15.5 Å². The first-order chi connectivity index (χ1) is 9.01. The largest absolute Gasteiger partial charge is 0.343 e. The van der Waals surface area contributed by atoms with Crippen LogP contribution < -0.4 is 5.32 Å². The molecule has 2 rings (SSSR count). The number of anilines is 1. The summed E-state index contributed by atoms with van der Waals surface area (Å²) in [6.45, 7) is 2.72. The summed E-state index contributed by atoms with van der Waals surface area (Å²) in [5.74, 6) is -0.161. The lowest BCUT2D eigenvalue weighted by atomic mass is 10.3. The monoisotopic (exact) mass is 404 g/mol. The minimum Gasteiger partial charge on any atom is -0.343 e. The van der Waals surface area contributed by atoms with Gasteiger partial charge < -0.3 is 9.88 Å². The number of hydrogen-bond donors (Lipinski definition) is 1. The zero-order chi connectivity index (χ0) is 14.0. The molecule has 0 radical (unpaired) electrons. The Bertz CT molecular complexity index is 625. The van der Waals surface area contributed by atoms with E-state index >= 15 is 0 Å². The number of carbonyl (C=O) groups excluding carboxylic acids is 1. The Kier molecular flexibility index (Phi) is 4.71. The Balaban J connectivity index is 2.22. The molecule has 0 atom stereocenters. The van der Waals surface area contributed by atoms with Gasteiger partial charge in [-0.2, -0.15) is 0 Å². The molecule has 1 heterocycles. The van der Waals surface area contributed by atoms with E-state index in [9.17, 15) is 4.79 Å². The molecule has 1 aromatic heterocycles. The molecule has 0 aliphatic carbocycles. The predicted octanol–water partition coefficient (Wildman–Crippen LogP) is 4.94. The smallest absolute Gasteiger partial charge is 0.272 e. The summed E-state index contributed by atoms with van der Waals surface area (Å²) < 4.78 is 3.56. The van der Waals surface area contributed by atoms with Gasteiger partial charge in [-0.25, -0.2) is 0 Å². The number of benzene rings is 1. The lowest BCUT2D eigenvalue weighted by molar-refractivity contribution is 0.101. The molecule has 3 nitrogen and oxygen atoms in total. The fraction of sp³-hybridized carbons (Fsp3) is 0.154. The van der Waals surface area contributed by atoms with Gasteiger partial charge in [-0.1, -0.05) is 11.6 Å². The Labute approximate surface area is 133 Å². The van der Waals surface area contributed by atoms with Crippen molar-refractivity contribution in [3.63, 3.8) is 0 Å².